The highest BCUT2D eigenvalue weighted by Gasteiger charge is 2.15. The molecule has 1 heterocycles. The van der Waals surface area contributed by atoms with Gasteiger partial charge in [0.2, 0.25) is 5.82 Å². The Morgan fingerprint density at radius 3 is 2.76 bits per heavy atom. The van der Waals surface area contributed by atoms with Crippen molar-refractivity contribution in [3.63, 3.8) is 0 Å². The minimum atomic E-state index is -1.02. The second-order valence-corrected chi connectivity index (χ2v) is 5.62. The molecule has 1 aromatic heterocycles. The van der Waals surface area contributed by atoms with E-state index in [2.05, 4.69) is 5.32 Å². The molecule has 0 aliphatic carbocycles. The molecule has 0 radical (unpaired) electrons. The van der Waals surface area contributed by atoms with Crippen molar-refractivity contribution in [2.24, 2.45) is 0 Å². The molecule has 130 valence electrons. The highest BCUT2D eigenvalue weighted by Crippen LogP contribution is 2.21. The maximum atomic E-state index is 13.2. The maximum Gasteiger partial charge on any atom is 0.331 e. The van der Waals surface area contributed by atoms with Crippen molar-refractivity contribution in [2.75, 3.05) is 11.9 Å². The highest BCUT2D eigenvalue weighted by atomic mass is 127. The van der Waals surface area contributed by atoms with E-state index in [1.807, 2.05) is 22.6 Å². The van der Waals surface area contributed by atoms with Crippen LogP contribution in [0.2, 0.25) is 0 Å². The Labute approximate surface area is 153 Å². The topological polar surface area (TPSA) is 112 Å². The lowest BCUT2D eigenvalue weighted by Crippen LogP contribution is -2.20. The lowest BCUT2D eigenvalue weighted by molar-refractivity contribution is -0.387. The number of furan rings is 1. The predicted molar refractivity (Wildman–Crippen MR) is 93.1 cm³/mol. The number of nitrogens with one attached hydrogen (secondary N) is 1. The number of carbonyl (C=O) groups excluding carboxylic acids is 2. The van der Waals surface area contributed by atoms with Crippen LogP contribution >= 0.6 is 22.6 Å². The quantitative estimate of drug-likeness (QED) is 0.233. The van der Waals surface area contributed by atoms with Crippen LogP contribution in [0.1, 0.15) is 5.76 Å². The number of hydrogen-bond donors (Lipinski definition) is 1. The number of ether oxygens (including phenoxy) is 1. The van der Waals surface area contributed by atoms with Gasteiger partial charge in [0.15, 0.2) is 10.4 Å². The molecule has 25 heavy (non-hydrogen) atoms. The van der Waals surface area contributed by atoms with Crippen LogP contribution in [0, 0.1) is 19.7 Å². The smallest absolute Gasteiger partial charge is 0.331 e. The molecule has 0 aliphatic rings. The fraction of sp³-hybridized carbons (Fsp3) is 0.0667. The number of nitro groups is 1. The van der Waals surface area contributed by atoms with Crippen molar-refractivity contribution < 1.29 is 28.1 Å². The molecular formula is C15H10FIN2O6. The van der Waals surface area contributed by atoms with E-state index in [9.17, 15) is 24.1 Å². The summed E-state index contributed by atoms with van der Waals surface area (Å²) in [6.07, 6.45) is 2.47. The van der Waals surface area contributed by atoms with E-state index in [4.69, 9.17) is 9.15 Å². The molecule has 1 aromatic carbocycles. The number of nitro benzene ring substituents is 1. The number of nitrogens with zero attached hydrogens (tertiary/aromatic N) is 1. The first-order valence-electron chi connectivity index (χ1n) is 6.69. The number of rotatable bonds is 6. The van der Waals surface area contributed by atoms with Crippen molar-refractivity contribution in [1.82, 2.24) is 0 Å². The molecule has 0 unspecified atom stereocenters. The average molecular weight is 460 g/mol. The zero-order valence-electron chi connectivity index (χ0n) is 12.4. The monoisotopic (exact) mass is 460 g/mol. The summed E-state index contributed by atoms with van der Waals surface area (Å²) in [5.74, 6) is -2.07. The first-order valence-corrected chi connectivity index (χ1v) is 7.77. The minimum Gasteiger partial charge on any atom is -0.452 e. The summed E-state index contributed by atoms with van der Waals surface area (Å²) in [5, 5.41) is 12.9. The van der Waals surface area contributed by atoms with Crippen LogP contribution in [-0.2, 0) is 14.3 Å². The second-order valence-electron chi connectivity index (χ2n) is 4.55. The molecule has 0 fully saturated rings. The van der Waals surface area contributed by atoms with E-state index in [0.29, 0.717) is 9.53 Å². The van der Waals surface area contributed by atoms with E-state index in [1.54, 1.807) is 12.1 Å². The summed E-state index contributed by atoms with van der Waals surface area (Å²) in [6.45, 7) is -0.607. The third kappa shape index (κ3) is 5.67. The molecule has 0 bridgehead atoms. The third-order valence-electron chi connectivity index (χ3n) is 2.75. The molecule has 1 N–H and O–H groups in total. The first kappa shape index (κ1) is 18.6. The number of anilines is 1. The van der Waals surface area contributed by atoms with Crippen molar-refractivity contribution in [2.45, 2.75) is 0 Å². The van der Waals surface area contributed by atoms with Crippen LogP contribution in [-0.4, -0.2) is 23.4 Å². The molecule has 0 saturated heterocycles. The fourth-order valence-electron chi connectivity index (χ4n) is 1.68. The lowest BCUT2D eigenvalue weighted by Gasteiger charge is -2.05. The summed E-state index contributed by atoms with van der Waals surface area (Å²) in [5.41, 5.74) is -0.763. The van der Waals surface area contributed by atoms with Gasteiger partial charge < -0.3 is 14.5 Å². The average Bonchev–Trinajstić information content (AvgIpc) is 2.98. The van der Waals surface area contributed by atoms with Crippen molar-refractivity contribution in [3.05, 3.63) is 61.9 Å². The Hall–Kier alpha value is -2.76. The van der Waals surface area contributed by atoms with Crippen LogP contribution in [0.5, 0.6) is 0 Å². The fourth-order valence-corrected chi connectivity index (χ4v) is 2.11. The van der Waals surface area contributed by atoms with Crippen molar-refractivity contribution in [1.29, 1.82) is 0 Å². The van der Waals surface area contributed by atoms with Gasteiger partial charge in [-0.1, -0.05) is 0 Å². The SMILES string of the molecule is O=C(COC(=O)/C=C/c1ccc(I)o1)Nc1ccc(F)c([N+](=O)[O-])c1. The number of carbonyl (C=O) groups is 2. The molecular weight excluding hydrogens is 450 g/mol. The van der Waals surface area contributed by atoms with Crippen LogP contribution in [0.25, 0.3) is 6.08 Å². The van der Waals surface area contributed by atoms with Crippen LogP contribution in [0.4, 0.5) is 15.8 Å². The van der Waals surface area contributed by atoms with Gasteiger partial charge in [0.25, 0.3) is 5.91 Å². The van der Waals surface area contributed by atoms with Gasteiger partial charge in [-0.05, 0) is 52.9 Å². The molecule has 8 nitrogen and oxygen atoms in total. The van der Waals surface area contributed by atoms with Crippen LogP contribution in [0.3, 0.4) is 0 Å². The summed E-state index contributed by atoms with van der Waals surface area (Å²) in [7, 11) is 0. The summed E-state index contributed by atoms with van der Waals surface area (Å²) < 4.78 is 23.8. The molecule has 0 saturated carbocycles. The van der Waals surface area contributed by atoms with Gasteiger partial charge in [0, 0.05) is 17.8 Å². The number of esters is 1. The predicted octanol–water partition coefficient (Wildman–Crippen LogP) is 3.13. The minimum absolute atomic E-state index is 0.00912. The molecule has 2 rings (SSSR count). The molecule has 10 heteroatoms. The Morgan fingerprint density at radius 2 is 2.12 bits per heavy atom. The maximum absolute atomic E-state index is 13.2. The Kier molecular flexibility index (Phi) is 6.22. The van der Waals surface area contributed by atoms with Gasteiger partial charge in [-0.15, -0.1) is 0 Å². The van der Waals surface area contributed by atoms with E-state index in [0.717, 1.165) is 24.3 Å². The third-order valence-corrected chi connectivity index (χ3v) is 3.33. The number of benzene rings is 1. The molecule has 1 amide bonds. The first-order chi connectivity index (χ1) is 11.8. The van der Waals surface area contributed by atoms with Crippen molar-refractivity contribution >= 4 is 51.9 Å². The zero-order valence-corrected chi connectivity index (χ0v) is 14.6. The normalized spacial score (nSPS) is 10.6. The molecule has 0 spiro atoms. The second kappa shape index (κ2) is 8.37. The van der Waals surface area contributed by atoms with E-state index in [1.165, 1.54) is 6.08 Å². The van der Waals surface area contributed by atoms with Gasteiger partial charge >= 0.3 is 11.7 Å². The largest absolute Gasteiger partial charge is 0.452 e. The number of halogens is 2. The Balaban J connectivity index is 1.86. The molecule has 2 aromatic rings. The van der Waals surface area contributed by atoms with Gasteiger partial charge in [-0.3, -0.25) is 14.9 Å². The van der Waals surface area contributed by atoms with Crippen LogP contribution in [0.15, 0.2) is 40.8 Å². The lowest BCUT2D eigenvalue weighted by atomic mass is 10.2. The van der Waals surface area contributed by atoms with Crippen LogP contribution < -0.4 is 5.32 Å². The zero-order chi connectivity index (χ0) is 18.4. The Morgan fingerprint density at radius 1 is 1.36 bits per heavy atom. The van der Waals surface area contributed by atoms with E-state index >= 15 is 0 Å². The number of amides is 1. The van der Waals surface area contributed by atoms with E-state index < -0.39 is 34.9 Å². The molecule has 0 aliphatic heterocycles. The highest BCUT2D eigenvalue weighted by molar-refractivity contribution is 14.1. The van der Waals surface area contributed by atoms with Crippen molar-refractivity contribution in [3.8, 4) is 0 Å². The van der Waals surface area contributed by atoms with Gasteiger partial charge in [0.05, 0.1) is 4.92 Å². The van der Waals surface area contributed by atoms with E-state index in [-0.39, 0.29) is 5.69 Å². The van der Waals surface area contributed by atoms with Gasteiger partial charge in [0.1, 0.15) is 5.76 Å². The van der Waals surface area contributed by atoms with Gasteiger partial charge in [-0.25, -0.2) is 4.79 Å². The Bertz CT molecular complexity index is 848. The van der Waals surface area contributed by atoms with Gasteiger partial charge in [-0.2, -0.15) is 4.39 Å². The summed E-state index contributed by atoms with van der Waals surface area (Å²) in [4.78, 5) is 32.9. The summed E-state index contributed by atoms with van der Waals surface area (Å²) >= 11 is 1.97. The summed E-state index contributed by atoms with van der Waals surface area (Å²) in [6, 6.07) is 6.24. The number of hydrogen-bond acceptors (Lipinski definition) is 6. The molecule has 0 atom stereocenters. The standard InChI is InChI=1S/C15H10FIN2O6/c16-11-4-1-9(7-12(11)19(22)23)18-14(20)8-24-15(21)6-3-10-2-5-13(17)25-10/h1-7H,8H2,(H,18,20)/b6-3+.